The van der Waals surface area contributed by atoms with Gasteiger partial charge in [-0.05, 0) is 58.5 Å². The summed E-state index contributed by atoms with van der Waals surface area (Å²) in [5.41, 5.74) is 0.239. The summed E-state index contributed by atoms with van der Waals surface area (Å²) in [6.45, 7) is 7.13. The summed E-state index contributed by atoms with van der Waals surface area (Å²) in [6.07, 6.45) is 13.4. The SMILES string of the molecule is CC(CNC1CCOC2(CCCCC2)C1)N1CCCCC1. The standard InChI is InChI=1S/C18H34N2O/c1-16(20-11-6-3-7-12-20)15-19-17-8-13-21-18(14-17)9-4-2-5-10-18/h16-17,19H,2-15H2,1H3. The number of ether oxygens (including phenoxy) is 1. The number of piperidine rings is 1. The van der Waals surface area contributed by atoms with E-state index >= 15 is 0 Å². The topological polar surface area (TPSA) is 24.5 Å². The fourth-order valence-electron chi connectivity index (χ4n) is 4.57. The van der Waals surface area contributed by atoms with Gasteiger partial charge in [-0.2, -0.15) is 0 Å². The van der Waals surface area contributed by atoms with Crippen LogP contribution in [0.3, 0.4) is 0 Å². The quantitative estimate of drug-likeness (QED) is 0.861. The number of hydrogen-bond acceptors (Lipinski definition) is 3. The van der Waals surface area contributed by atoms with E-state index in [1.807, 2.05) is 0 Å². The monoisotopic (exact) mass is 294 g/mol. The second kappa shape index (κ2) is 7.43. The number of hydrogen-bond donors (Lipinski definition) is 1. The van der Waals surface area contributed by atoms with Gasteiger partial charge in [-0.3, -0.25) is 4.90 Å². The molecular weight excluding hydrogens is 260 g/mol. The van der Waals surface area contributed by atoms with Gasteiger partial charge in [-0.15, -0.1) is 0 Å². The van der Waals surface area contributed by atoms with Crippen molar-refractivity contribution in [2.75, 3.05) is 26.2 Å². The molecular formula is C18H34N2O. The fraction of sp³-hybridized carbons (Fsp3) is 1.00. The molecule has 0 amide bonds. The van der Waals surface area contributed by atoms with Crippen molar-refractivity contribution in [3.8, 4) is 0 Å². The number of nitrogens with zero attached hydrogens (tertiary/aromatic N) is 1. The molecule has 2 heterocycles. The summed E-state index contributed by atoms with van der Waals surface area (Å²) in [6, 6.07) is 1.37. The van der Waals surface area contributed by atoms with Gasteiger partial charge < -0.3 is 10.1 Å². The zero-order valence-corrected chi connectivity index (χ0v) is 13.9. The van der Waals surface area contributed by atoms with Crippen LogP contribution in [0.2, 0.25) is 0 Å². The molecule has 3 fully saturated rings. The summed E-state index contributed by atoms with van der Waals surface area (Å²) < 4.78 is 6.21. The van der Waals surface area contributed by atoms with Crippen molar-refractivity contribution >= 4 is 0 Å². The van der Waals surface area contributed by atoms with Crippen LogP contribution in [-0.2, 0) is 4.74 Å². The molecule has 1 aliphatic carbocycles. The predicted molar refractivity (Wildman–Crippen MR) is 87.7 cm³/mol. The zero-order valence-electron chi connectivity index (χ0n) is 13.9. The first kappa shape index (κ1) is 15.8. The Morgan fingerprint density at radius 2 is 1.81 bits per heavy atom. The number of nitrogens with one attached hydrogen (secondary N) is 1. The van der Waals surface area contributed by atoms with Crippen LogP contribution >= 0.6 is 0 Å². The van der Waals surface area contributed by atoms with E-state index in [1.54, 1.807) is 0 Å². The molecule has 2 atom stereocenters. The second-order valence-corrected chi connectivity index (χ2v) is 7.64. The summed E-state index contributed by atoms with van der Waals surface area (Å²) in [7, 11) is 0. The van der Waals surface area contributed by atoms with Crippen molar-refractivity contribution < 1.29 is 4.74 Å². The average molecular weight is 294 g/mol. The lowest BCUT2D eigenvalue weighted by atomic mass is 9.78. The van der Waals surface area contributed by atoms with E-state index in [-0.39, 0.29) is 5.60 Å². The normalized spacial score (nSPS) is 32.1. The molecule has 3 aliphatic rings. The van der Waals surface area contributed by atoms with Gasteiger partial charge in [0.05, 0.1) is 5.60 Å². The van der Waals surface area contributed by atoms with Crippen molar-refractivity contribution in [1.29, 1.82) is 0 Å². The fourth-order valence-corrected chi connectivity index (χ4v) is 4.57. The van der Waals surface area contributed by atoms with Crippen molar-refractivity contribution in [2.24, 2.45) is 0 Å². The van der Waals surface area contributed by atoms with Gasteiger partial charge in [0.25, 0.3) is 0 Å². The van der Waals surface area contributed by atoms with E-state index in [9.17, 15) is 0 Å². The molecule has 2 unspecified atom stereocenters. The molecule has 0 aromatic heterocycles. The van der Waals surface area contributed by atoms with Crippen molar-refractivity contribution in [2.45, 2.75) is 88.8 Å². The molecule has 3 heteroatoms. The molecule has 2 aliphatic heterocycles. The molecule has 0 bridgehead atoms. The second-order valence-electron chi connectivity index (χ2n) is 7.64. The van der Waals surface area contributed by atoms with E-state index in [4.69, 9.17) is 4.74 Å². The van der Waals surface area contributed by atoms with Gasteiger partial charge in [0.1, 0.15) is 0 Å². The summed E-state index contributed by atoms with van der Waals surface area (Å²) in [5, 5.41) is 3.87. The summed E-state index contributed by atoms with van der Waals surface area (Å²) in [4.78, 5) is 2.67. The van der Waals surface area contributed by atoms with Crippen molar-refractivity contribution in [3.05, 3.63) is 0 Å². The Morgan fingerprint density at radius 3 is 2.57 bits per heavy atom. The van der Waals surface area contributed by atoms with E-state index < -0.39 is 0 Å². The van der Waals surface area contributed by atoms with Crippen LogP contribution in [0.25, 0.3) is 0 Å². The smallest absolute Gasteiger partial charge is 0.0697 e. The van der Waals surface area contributed by atoms with Crippen molar-refractivity contribution in [3.63, 3.8) is 0 Å². The molecule has 0 aromatic carbocycles. The van der Waals surface area contributed by atoms with Gasteiger partial charge in [0.2, 0.25) is 0 Å². The van der Waals surface area contributed by atoms with Gasteiger partial charge >= 0.3 is 0 Å². The molecule has 1 saturated carbocycles. The largest absolute Gasteiger partial charge is 0.375 e. The third-order valence-corrected chi connectivity index (χ3v) is 5.97. The lowest BCUT2D eigenvalue weighted by Gasteiger charge is -2.44. The van der Waals surface area contributed by atoms with Crippen LogP contribution in [0, 0.1) is 0 Å². The van der Waals surface area contributed by atoms with Crippen LogP contribution in [0.4, 0.5) is 0 Å². The molecule has 1 N–H and O–H groups in total. The first-order valence-electron chi connectivity index (χ1n) is 9.39. The molecule has 122 valence electrons. The Bertz CT molecular complexity index is 303. The van der Waals surface area contributed by atoms with Gasteiger partial charge in [-0.25, -0.2) is 0 Å². The number of likely N-dealkylation sites (tertiary alicyclic amines) is 1. The minimum Gasteiger partial charge on any atom is -0.375 e. The maximum atomic E-state index is 6.21. The van der Waals surface area contributed by atoms with E-state index in [0.717, 1.165) is 13.2 Å². The Morgan fingerprint density at radius 1 is 1.10 bits per heavy atom. The van der Waals surface area contributed by atoms with E-state index in [2.05, 4.69) is 17.1 Å². The highest BCUT2D eigenvalue weighted by molar-refractivity contribution is 4.92. The van der Waals surface area contributed by atoms with Gasteiger partial charge in [0, 0.05) is 25.2 Å². The first-order valence-corrected chi connectivity index (χ1v) is 9.39. The zero-order chi connectivity index (χ0) is 14.5. The van der Waals surface area contributed by atoms with Crippen LogP contribution in [0.1, 0.15) is 71.1 Å². The Hall–Kier alpha value is -0.120. The molecule has 0 aromatic rings. The van der Waals surface area contributed by atoms with Gasteiger partial charge in [-0.1, -0.05) is 25.7 Å². The molecule has 3 nitrogen and oxygen atoms in total. The Kier molecular flexibility index (Phi) is 5.58. The minimum absolute atomic E-state index is 0.239. The molecule has 0 radical (unpaired) electrons. The van der Waals surface area contributed by atoms with Crippen LogP contribution in [0.5, 0.6) is 0 Å². The van der Waals surface area contributed by atoms with E-state index in [0.29, 0.717) is 12.1 Å². The molecule has 21 heavy (non-hydrogen) atoms. The highest BCUT2D eigenvalue weighted by Gasteiger charge is 2.38. The molecule has 2 saturated heterocycles. The first-order chi connectivity index (χ1) is 10.3. The highest BCUT2D eigenvalue weighted by Crippen LogP contribution is 2.38. The lowest BCUT2D eigenvalue weighted by Crippen LogP contribution is -2.51. The van der Waals surface area contributed by atoms with Crippen LogP contribution < -0.4 is 5.32 Å². The van der Waals surface area contributed by atoms with E-state index in [1.165, 1.54) is 77.3 Å². The lowest BCUT2D eigenvalue weighted by molar-refractivity contribution is -0.109. The molecule has 3 rings (SSSR count). The third kappa shape index (κ3) is 4.20. The third-order valence-electron chi connectivity index (χ3n) is 5.97. The molecule has 1 spiro atoms. The maximum Gasteiger partial charge on any atom is 0.0697 e. The Balaban J connectivity index is 1.44. The summed E-state index contributed by atoms with van der Waals surface area (Å²) in [5.74, 6) is 0. The summed E-state index contributed by atoms with van der Waals surface area (Å²) >= 11 is 0. The number of rotatable bonds is 4. The van der Waals surface area contributed by atoms with Crippen LogP contribution in [-0.4, -0.2) is 48.8 Å². The van der Waals surface area contributed by atoms with Crippen LogP contribution in [0.15, 0.2) is 0 Å². The highest BCUT2D eigenvalue weighted by atomic mass is 16.5. The van der Waals surface area contributed by atoms with Gasteiger partial charge in [0.15, 0.2) is 0 Å². The Labute approximate surface area is 130 Å². The minimum atomic E-state index is 0.239. The average Bonchev–Trinajstić information content (AvgIpc) is 2.54. The predicted octanol–water partition coefficient (Wildman–Crippen LogP) is 3.33. The van der Waals surface area contributed by atoms with Crippen molar-refractivity contribution in [1.82, 2.24) is 10.2 Å². The maximum absolute atomic E-state index is 6.21.